The Morgan fingerprint density at radius 1 is 1.31 bits per heavy atom. The van der Waals surface area contributed by atoms with Crippen LogP contribution in [0.2, 0.25) is 0 Å². The molecule has 0 aromatic heterocycles. The molecule has 0 saturated heterocycles. The van der Waals surface area contributed by atoms with Crippen LogP contribution >= 0.6 is 0 Å². The number of nitrogens with zero attached hydrogens (tertiary/aromatic N) is 2. The van der Waals surface area contributed by atoms with E-state index in [2.05, 4.69) is 4.72 Å². The Bertz CT molecular complexity index is 792. The minimum Gasteiger partial charge on any atom is -0.339 e. The largest absolute Gasteiger partial charge is 0.339 e. The fourth-order valence-electron chi connectivity index (χ4n) is 3.16. The van der Waals surface area contributed by atoms with Crippen LogP contribution in [0.3, 0.4) is 0 Å². The van der Waals surface area contributed by atoms with Gasteiger partial charge in [0.25, 0.3) is 0 Å². The first-order valence-corrected chi connectivity index (χ1v) is 10.3. The molecule has 144 valence electrons. The van der Waals surface area contributed by atoms with E-state index in [4.69, 9.17) is 0 Å². The molecule has 0 saturated carbocycles. The molecule has 1 atom stereocenters. The molecule has 1 aliphatic rings. The van der Waals surface area contributed by atoms with Crippen LogP contribution in [0.1, 0.15) is 39.7 Å². The lowest BCUT2D eigenvalue weighted by molar-refractivity contribution is -0.130. The summed E-state index contributed by atoms with van der Waals surface area (Å²) < 4.78 is 27.6. The molecule has 2 rings (SSSR count). The van der Waals surface area contributed by atoms with Crippen LogP contribution in [-0.2, 0) is 26.0 Å². The van der Waals surface area contributed by atoms with Gasteiger partial charge in [-0.25, -0.2) is 13.1 Å². The molecule has 1 aromatic carbocycles. The summed E-state index contributed by atoms with van der Waals surface area (Å²) in [4.78, 5) is 26.8. The van der Waals surface area contributed by atoms with Crippen LogP contribution in [0.4, 0.5) is 5.69 Å². The lowest BCUT2D eigenvalue weighted by atomic mass is 10.2. The van der Waals surface area contributed by atoms with Crippen molar-refractivity contribution < 1.29 is 18.0 Å². The topological polar surface area (TPSA) is 86.8 Å². The zero-order valence-electron chi connectivity index (χ0n) is 15.8. The van der Waals surface area contributed by atoms with Gasteiger partial charge in [-0.3, -0.25) is 9.59 Å². The van der Waals surface area contributed by atoms with Crippen molar-refractivity contribution in [3.63, 3.8) is 0 Å². The van der Waals surface area contributed by atoms with Crippen LogP contribution in [0.25, 0.3) is 0 Å². The molecule has 26 heavy (non-hydrogen) atoms. The molecular formula is C18H27N3O4S. The van der Waals surface area contributed by atoms with Crippen molar-refractivity contribution >= 4 is 27.5 Å². The number of hydrogen-bond acceptors (Lipinski definition) is 4. The van der Waals surface area contributed by atoms with Crippen molar-refractivity contribution in [2.24, 2.45) is 0 Å². The van der Waals surface area contributed by atoms with Gasteiger partial charge in [0.05, 0.1) is 4.90 Å². The first-order chi connectivity index (χ1) is 12.2. The van der Waals surface area contributed by atoms with Gasteiger partial charge in [-0.2, -0.15) is 0 Å². The number of amides is 2. The Morgan fingerprint density at radius 3 is 2.58 bits per heavy atom. The molecule has 1 unspecified atom stereocenters. The van der Waals surface area contributed by atoms with Crippen LogP contribution in [-0.4, -0.2) is 50.8 Å². The van der Waals surface area contributed by atoms with Crippen molar-refractivity contribution in [3.05, 3.63) is 23.8 Å². The van der Waals surface area contributed by atoms with Crippen molar-refractivity contribution in [2.45, 2.75) is 51.5 Å². The second-order valence-electron chi connectivity index (χ2n) is 6.58. The fraction of sp³-hybridized carbons (Fsp3) is 0.556. The number of carbonyl (C=O) groups excluding carboxylic acids is 2. The number of sulfonamides is 1. The summed E-state index contributed by atoms with van der Waals surface area (Å²) in [6, 6.07) is 4.88. The predicted octanol–water partition coefficient (Wildman–Crippen LogP) is 1.52. The SMILES string of the molecule is CCC(C)N(CCNS(=O)(=O)c1ccc2c(c1)CCN2C(C)=O)C(C)=O. The number of anilines is 1. The standard InChI is InChI=1S/C18H27N3O4S/c1-5-13(2)20(14(3)22)11-9-19-26(24,25)17-6-7-18-16(12-17)8-10-21(18)15(4)23/h6-7,12-13,19H,5,8-11H2,1-4H3. The summed E-state index contributed by atoms with van der Waals surface area (Å²) in [5.74, 6) is -0.118. The highest BCUT2D eigenvalue weighted by molar-refractivity contribution is 7.89. The Labute approximate surface area is 155 Å². The number of rotatable bonds is 7. The van der Waals surface area contributed by atoms with E-state index >= 15 is 0 Å². The number of fused-ring (bicyclic) bond motifs is 1. The summed E-state index contributed by atoms with van der Waals surface area (Å²) >= 11 is 0. The third-order valence-electron chi connectivity index (χ3n) is 4.81. The number of carbonyl (C=O) groups is 2. The second-order valence-corrected chi connectivity index (χ2v) is 8.35. The van der Waals surface area contributed by atoms with Gasteiger partial charge in [-0.05, 0) is 43.5 Å². The van der Waals surface area contributed by atoms with Crippen LogP contribution in [0.5, 0.6) is 0 Å². The molecular weight excluding hydrogens is 354 g/mol. The number of benzene rings is 1. The summed E-state index contributed by atoms with van der Waals surface area (Å²) in [6.07, 6.45) is 1.45. The Morgan fingerprint density at radius 2 is 2.00 bits per heavy atom. The Hall–Kier alpha value is -1.93. The highest BCUT2D eigenvalue weighted by atomic mass is 32.2. The van der Waals surface area contributed by atoms with Gasteiger partial charge < -0.3 is 9.80 Å². The fourth-order valence-corrected chi connectivity index (χ4v) is 4.24. The van der Waals surface area contributed by atoms with E-state index in [-0.39, 0.29) is 29.3 Å². The highest BCUT2D eigenvalue weighted by Gasteiger charge is 2.25. The van der Waals surface area contributed by atoms with Gasteiger partial charge >= 0.3 is 0 Å². The molecule has 0 fully saturated rings. The predicted molar refractivity (Wildman–Crippen MR) is 101 cm³/mol. The van der Waals surface area contributed by atoms with Crippen LogP contribution < -0.4 is 9.62 Å². The average molecular weight is 381 g/mol. The summed E-state index contributed by atoms with van der Waals surface area (Å²) in [6.45, 7) is 7.97. The summed E-state index contributed by atoms with van der Waals surface area (Å²) in [7, 11) is -3.66. The van der Waals surface area contributed by atoms with Crippen LogP contribution in [0, 0.1) is 0 Å². The monoisotopic (exact) mass is 381 g/mol. The molecule has 2 amide bonds. The van der Waals surface area contributed by atoms with Crippen molar-refractivity contribution in [2.75, 3.05) is 24.5 Å². The van der Waals surface area contributed by atoms with Gasteiger partial charge in [0.2, 0.25) is 21.8 Å². The van der Waals surface area contributed by atoms with E-state index in [1.54, 1.807) is 21.9 Å². The van der Waals surface area contributed by atoms with Crippen molar-refractivity contribution in [1.82, 2.24) is 9.62 Å². The maximum atomic E-state index is 12.5. The van der Waals surface area contributed by atoms with Gasteiger partial charge in [0, 0.05) is 45.2 Å². The molecule has 8 heteroatoms. The normalized spacial score (nSPS) is 14.8. The lowest BCUT2D eigenvalue weighted by Gasteiger charge is -2.27. The summed E-state index contributed by atoms with van der Waals surface area (Å²) in [5, 5.41) is 0. The molecule has 1 aliphatic heterocycles. The Kier molecular flexibility index (Phi) is 6.41. The van der Waals surface area contributed by atoms with Crippen molar-refractivity contribution in [3.8, 4) is 0 Å². The van der Waals surface area contributed by atoms with Gasteiger partial charge in [0.1, 0.15) is 0 Å². The van der Waals surface area contributed by atoms with E-state index in [0.717, 1.165) is 17.7 Å². The first kappa shape index (κ1) is 20.4. The third kappa shape index (κ3) is 4.42. The minimum atomic E-state index is -3.66. The van der Waals surface area contributed by atoms with E-state index in [0.29, 0.717) is 19.5 Å². The Balaban J connectivity index is 2.07. The number of hydrogen-bond donors (Lipinski definition) is 1. The summed E-state index contributed by atoms with van der Waals surface area (Å²) in [5.41, 5.74) is 1.63. The molecule has 0 radical (unpaired) electrons. The molecule has 7 nitrogen and oxygen atoms in total. The van der Waals surface area contributed by atoms with Crippen molar-refractivity contribution in [1.29, 1.82) is 0 Å². The molecule has 0 spiro atoms. The molecule has 1 N–H and O–H groups in total. The zero-order valence-corrected chi connectivity index (χ0v) is 16.6. The quantitative estimate of drug-likeness (QED) is 0.776. The maximum Gasteiger partial charge on any atom is 0.240 e. The minimum absolute atomic E-state index is 0.0492. The van der Waals surface area contributed by atoms with E-state index in [9.17, 15) is 18.0 Å². The zero-order chi connectivity index (χ0) is 19.5. The van der Waals surface area contributed by atoms with E-state index in [1.807, 2.05) is 13.8 Å². The highest BCUT2D eigenvalue weighted by Crippen LogP contribution is 2.30. The molecule has 0 aliphatic carbocycles. The maximum absolute atomic E-state index is 12.5. The van der Waals surface area contributed by atoms with Crippen LogP contribution in [0.15, 0.2) is 23.1 Å². The lowest BCUT2D eigenvalue weighted by Crippen LogP contribution is -2.42. The van der Waals surface area contributed by atoms with E-state index in [1.165, 1.54) is 19.9 Å². The molecule has 0 bridgehead atoms. The first-order valence-electron chi connectivity index (χ1n) is 8.85. The molecule has 1 heterocycles. The van der Waals surface area contributed by atoms with Gasteiger partial charge in [0.15, 0.2) is 0 Å². The smallest absolute Gasteiger partial charge is 0.240 e. The molecule has 1 aromatic rings. The third-order valence-corrected chi connectivity index (χ3v) is 6.27. The van der Waals surface area contributed by atoms with Gasteiger partial charge in [-0.15, -0.1) is 0 Å². The number of nitrogens with one attached hydrogen (secondary N) is 1. The van der Waals surface area contributed by atoms with E-state index < -0.39 is 10.0 Å². The average Bonchev–Trinajstić information content (AvgIpc) is 3.01. The van der Waals surface area contributed by atoms with Gasteiger partial charge in [-0.1, -0.05) is 6.92 Å². The second kappa shape index (κ2) is 8.18.